The van der Waals surface area contributed by atoms with Crippen molar-refractivity contribution in [3.63, 3.8) is 0 Å². The normalized spacial score (nSPS) is 28.0. The predicted molar refractivity (Wildman–Crippen MR) is 90.0 cm³/mol. The summed E-state index contributed by atoms with van der Waals surface area (Å²) < 4.78 is 22.4. The topological polar surface area (TPSA) is 127 Å². The Morgan fingerprint density at radius 1 is 1.12 bits per heavy atom. The number of carboxylic acid groups (broad SMARTS) is 1. The number of aliphatic carboxylic acids is 1. The van der Waals surface area contributed by atoms with Crippen LogP contribution in [-0.2, 0) is 26.0 Å². The molecule has 0 aliphatic heterocycles. The number of rotatable bonds is 6. The maximum atomic E-state index is 12.5. The number of primary sulfonamides is 1. The Balaban J connectivity index is 1.55. The molecule has 4 atom stereocenters. The fourth-order valence-corrected chi connectivity index (χ4v) is 4.83. The zero-order valence-electron chi connectivity index (χ0n) is 13.7. The van der Waals surface area contributed by atoms with Crippen LogP contribution in [0, 0.1) is 23.7 Å². The first-order valence-corrected chi connectivity index (χ1v) is 9.94. The standard InChI is InChI=1S/C17H22N2O5S/c18-25(23,24)13-5-1-10(2-6-13)7-8-19-16(20)14-11-3-4-12(9-11)15(14)17(21)22/h1-2,5-6,11-12,14-15H,3-4,7-9H2,(H,19,20)(H,21,22)(H2,18,23,24)/t11-,12-,14-,15+/m0/s1. The maximum absolute atomic E-state index is 12.5. The van der Waals surface area contributed by atoms with Crippen LogP contribution in [0.2, 0.25) is 0 Å². The van der Waals surface area contributed by atoms with Gasteiger partial charge in [-0.2, -0.15) is 0 Å². The molecule has 25 heavy (non-hydrogen) atoms. The summed E-state index contributed by atoms with van der Waals surface area (Å²) in [5.74, 6) is -1.73. The summed E-state index contributed by atoms with van der Waals surface area (Å²) in [7, 11) is -3.71. The molecule has 0 radical (unpaired) electrons. The van der Waals surface area contributed by atoms with Crippen molar-refractivity contribution in [2.75, 3.05) is 6.54 Å². The summed E-state index contributed by atoms with van der Waals surface area (Å²) in [6.45, 7) is 0.383. The summed E-state index contributed by atoms with van der Waals surface area (Å²) in [6, 6.07) is 6.18. The lowest BCUT2D eigenvalue weighted by Gasteiger charge is -2.27. The Bertz CT molecular complexity index is 775. The second-order valence-corrected chi connectivity index (χ2v) is 8.51. The van der Waals surface area contributed by atoms with Crippen LogP contribution < -0.4 is 10.5 Å². The van der Waals surface area contributed by atoms with E-state index in [1.54, 1.807) is 12.1 Å². The second kappa shape index (κ2) is 6.76. The van der Waals surface area contributed by atoms with Gasteiger partial charge in [0.15, 0.2) is 0 Å². The van der Waals surface area contributed by atoms with Crippen molar-refractivity contribution in [2.24, 2.45) is 28.8 Å². The number of nitrogens with two attached hydrogens (primary N) is 1. The lowest BCUT2D eigenvalue weighted by molar-refractivity contribution is -0.149. The molecule has 0 aromatic heterocycles. The molecule has 0 saturated heterocycles. The Hall–Kier alpha value is -1.93. The smallest absolute Gasteiger partial charge is 0.307 e. The summed E-state index contributed by atoms with van der Waals surface area (Å²) in [5, 5.41) is 17.3. The molecule has 4 N–H and O–H groups in total. The zero-order valence-corrected chi connectivity index (χ0v) is 14.5. The van der Waals surface area contributed by atoms with Gasteiger partial charge in [-0.05, 0) is 55.2 Å². The van der Waals surface area contributed by atoms with Crippen molar-refractivity contribution >= 4 is 21.9 Å². The molecule has 8 heteroatoms. The quantitative estimate of drug-likeness (QED) is 0.684. The third-order valence-electron chi connectivity index (χ3n) is 5.47. The van der Waals surface area contributed by atoms with Gasteiger partial charge in [0.05, 0.1) is 16.7 Å². The summed E-state index contributed by atoms with van der Waals surface area (Å²) in [6.07, 6.45) is 3.21. The van der Waals surface area contributed by atoms with Crippen LogP contribution in [0.4, 0.5) is 0 Å². The molecule has 2 aliphatic rings. The molecular formula is C17H22N2O5S. The average Bonchev–Trinajstić information content (AvgIpc) is 3.15. The Morgan fingerprint density at radius 2 is 1.72 bits per heavy atom. The summed E-state index contributed by atoms with van der Waals surface area (Å²) in [5.41, 5.74) is 0.871. The highest BCUT2D eigenvalue weighted by Gasteiger charge is 2.53. The van der Waals surface area contributed by atoms with E-state index in [1.807, 2.05) is 0 Å². The highest BCUT2D eigenvalue weighted by molar-refractivity contribution is 7.89. The van der Waals surface area contributed by atoms with Gasteiger partial charge in [0, 0.05) is 6.54 Å². The van der Waals surface area contributed by atoms with Gasteiger partial charge < -0.3 is 10.4 Å². The molecule has 0 unspecified atom stereocenters. The number of carboxylic acids is 1. The van der Waals surface area contributed by atoms with Crippen LogP contribution in [-0.4, -0.2) is 31.9 Å². The highest BCUT2D eigenvalue weighted by Crippen LogP contribution is 2.52. The van der Waals surface area contributed by atoms with Gasteiger partial charge in [0.25, 0.3) is 0 Å². The van der Waals surface area contributed by atoms with Crippen molar-refractivity contribution < 1.29 is 23.1 Å². The number of nitrogens with one attached hydrogen (secondary N) is 1. The van der Waals surface area contributed by atoms with Crippen molar-refractivity contribution in [3.8, 4) is 0 Å². The van der Waals surface area contributed by atoms with E-state index in [4.69, 9.17) is 5.14 Å². The van der Waals surface area contributed by atoms with E-state index in [9.17, 15) is 23.1 Å². The van der Waals surface area contributed by atoms with Gasteiger partial charge in [0.1, 0.15) is 0 Å². The van der Waals surface area contributed by atoms with Crippen LogP contribution in [0.15, 0.2) is 29.2 Å². The van der Waals surface area contributed by atoms with E-state index >= 15 is 0 Å². The maximum Gasteiger partial charge on any atom is 0.307 e. The predicted octanol–water partition coefficient (Wildman–Crippen LogP) is 0.740. The molecule has 0 heterocycles. The molecule has 2 aliphatic carbocycles. The Kier molecular flexibility index (Phi) is 4.83. The van der Waals surface area contributed by atoms with E-state index in [0.717, 1.165) is 24.8 Å². The lowest BCUT2D eigenvalue weighted by Crippen LogP contribution is -2.41. The van der Waals surface area contributed by atoms with Crippen molar-refractivity contribution in [1.82, 2.24) is 5.32 Å². The van der Waals surface area contributed by atoms with Crippen molar-refractivity contribution in [1.29, 1.82) is 0 Å². The zero-order chi connectivity index (χ0) is 18.2. The number of amides is 1. The molecule has 7 nitrogen and oxygen atoms in total. The Morgan fingerprint density at radius 3 is 2.28 bits per heavy atom. The number of hydrogen-bond donors (Lipinski definition) is 3. The molecule has 136 valence electrons. The number of carbonyl (C=O) groups is 2. The van der Waals surface area contributed by atoms with Gasteiger partial charge in [-0.1, -0.05) is 12.1 Å². The number of benzene rings is 1. The minimum Gasteiger partial charge on any atom is -0.481 e. The minimum absolute atomic E-state index is 0.0477. The third-order valence-corrected chi connectivity index (χ3v) is 6.40. The molecule has 2 fully saturated rings. The fraction of sp³-hybridized carbons (Fsp3) is 0.529. The van der Waals surface area contributed by atoms with Crippen LogP contribution in [0.25, 0.3) is 0 Å². The van der Waals surface area contributed by atoms with Gasteiger partial charge in [-0.15, -0.1) is 0 Å². The highest BCUT2D eigenvalue weighted by atomic mass is 32.2. The summed E-state index contributed by atoms with van der Waals surface area (Å²) in [4.78, 5) is 24.0. The molecule has 1 aromatic rings. The first-order chi connectivity index (χ1) is 11.8. The molecule has 1 aromatic carbocycles. The number of carbonyl (C=O) groups excluding carboxylic acids is 1. The van der Waals surface area contributed by atoms with Crippen LogP contribution in [0.5, 0.6) is 0 Å². The molecule has 3 rings (SSSR count). The number of fused-ring (bicyclic) bond motifs is 2. The number of hydrogen-bond acceptors (Lipinski definition) is 4. The van der Waals surface area contributed by atoms with Crippen LogP contribution in [0.3, 0.4) is 0 Å². The van der Waals surface area contributed by atoms with Crippen molar-refractivity contribution in [3.05, 3.63) is 29.8 Å². The van der Waals surface area contributed by atoms with E-state index in [0.29, 0.717) is 13.0 Å². The first kappa shape index (κ1) is 17.9. The second-order valence-electron chi connectivity index (χ2n) is 6.95. The van der Waals surface area contributed by atoms with E-state index < -0.39 is 27.8 Å². The molecule has 2 saturated carbocycles. The van der Waals surface area contributed by atoms with Gasteiger partial charge in [0.2, 0.25) is 15.9 Å². The summed E-state index contributed by atoms with van der Waals surface area (Å²) >= 11 is 0. The monoisotopic (exact) mass is 366 g/mol. The van der Waals surface area contributed by atoms with Crippen LogP contribution in [0.1, 0.15) is 24.8 Å². The molecule has 0 spiro atoms. The average molecular weight is 366 g/mol. The van der Waals surface area contributed by atoms with Gasteiger partial charge in [-0.25, -0.2) is 13.6 Å². The molecule has 2 bridgehead atoms. The molecule has 1 amide bonds. The SMILES string of the molecule is NS(=O)(=O)c1ccc(CCNC(=O)[C@H]2[C@H]3CC[C@@H](C3)[C@H]2C(=O)O)cc1. The lowest BCUT2D eigenvalue weighted by atomic mass is 9.78. The minimum atomic E-state index is -3.71. The number of sulfonamides is 1. The van der Waals surface area contributed by atoms with Crippen molar-refractivity contribution in [2.45, 2.75) is 30.6 Å². The van der Waals surface area contributed by atoms with Gasteiger partial charge >= 0.3 is 5.97 Å². The Labute approximate surface area is 146 Å². The van der Waals surface area contributed by atoms with E-state index in [1.165, 1.54) is 12.1 Å². The third kappa shape index (κ3) is 3.69. The first-order valence-electron chi connectivity index (χ1n) is 8.39. The van der Waals surface area contributed by atoms with Gasteiger partial charge in [-0.3, -0.25) is 9.59 Å². The fourth-order valence-electron chi connectivity index (χ4n) is 4.32. The van der Waals surface area contributed by atoms with E-state index in [2.05, 4.69) is 5.32 Å². The molecular weight excluding hydrogens is 344 g/mol. The van der Waals surface area contributed by atoms with E-state index in [-0.39, 0.29) is 22.6 Å². The van der Waals surface area contributed by atoms with Crippen LogP contribution >= 0.6 is 0 Å². The largest absolute Gasteiger partial charge is 0.481 e.